The molecule has 1 aromatic carbocycles. The van der Waals surface area contributed by atoms with Crippen molar-refractivity contribution in [2.45, 2.75) is 18.4 Å². The topological polar surface area (TPSA) is 75.9 Å². The molecule has 0 saturated heterocycles. The Morgan fingerprint density at radius 3 is 2.79 bits per heavy atom. The highest BCUT2D eigenvalue weighted by Gasteiger charge is 2.38. The SMILES string of the molecule is NNc1ncc(Cl)c(NC2CC2c2ccccc2)n1. The highest BCUT2D eigenvalue weighted by atomic mass is 35.5. The molecule has 6 heteroatoms. The van der Waals surface area contributed by atoms with Crippen LogP contribution in [0.3, 0.4) is 0 Å². The first-order valence-corrected chi connectivity index (χ1v) is 6.46. The van der Waals surface area contributed by atoms with Gasteiger partial charge in [0.15, 0.2) is 5.82 Å². The van der Waals surface area contributed by atoms with Gasteiger partial charge in [-0.15, -0.1) is 0 Å². The predicted molar refractivity (Wildman–Crippen MR) is 76.1 cm³/mol. The minimum Gasteiger partial charge on any atom is -0.365 e. The fourth-order valence-electron chi connectivity index (χ4n) is 2.14. The maximum atomic E-state index is 6.06. The molecule has 3 rings (SSSR count). The molecule has 2 unspecified atom stereocenters. The lowest BCUT2D eigenvalue weighted by Gasteiger charge is -2.08. The van der Waals surface area contributed by atoms with Crippen LogP contribution in [0.4, 0.5) is 11.8 Å². The summed E-state index contributed by atoms with van der Waals surface area (Å²) < 4.78 is 0. The molecule has 1 fully saturated rings. The first-order chi connectivity index (χ1) is 9.28. The summed E-state index contributed by atoms with van der Waals surface area (Å²) in [7, 11) is 0. The van der Waals surface area contributed by atoms with Crippen LogP contribution in [-0.2, 0) is 0 Å². The molecule has 1 aliphatic carbocycles. The van der Waals surface area contributed by atoms with Crippen molar-refractivity contribution in [3.05, 3.63) is 47.1 Å². The van der Waals surface area contributed by atoms with Crippen molar-refractivity contribution < 1.29 is 0 Å². The second-order valence-corrected chi connectivity index (χ2v) is 4.95. The summed E-state index contributed by atoms with van der Waals surface area (Å²) in [5.74, 6) is 6.77. The van der Waals surface area contributed by atoms with Crippen molar-refractivity contribution in [3.8, 4) is 0 Å². The number of hydrogen-bond donors (Lipinski definition) is 3. The Hall–Kier alpha value is -1.85. The third-order valence-electron chi connectivity index (χ3n) is 3.21. The molecule has 98 valence electrons. The number of aromatic nitrogens is 2. The van der Waals surface area contributed by atoms with Gasteiger partial charge in [0.1, 0.15) is 5.02 Å². The molecule has 4 N–H and O–H groups in total. The number of hydrogen-bond acceptors (Lipinski definition) is 5. The van der Waals surface area contributed by atoms with E-state index in [0.717, 1.165) is 6.42 Å². The van der Waals surface area contributed by atoms with Crippen molar-refractivity contribution in [1.29, 1.82) is 0 Å². The van der Waals surface area contributed by atoms with E-state index in [9.17, 15) is 0 Å². The summed E-state index contributed by atoms with van der Waals surface area (Å²) in [4.78, 5) is 8.15. The summed E-state index contributed by atoms with van der Waals surface area (Å²) in [6.45, 7) is 0. The highest BCUT2D eigenvalue weighted by Crippen LogP contribution is 2.43. The summed E-state index contributed by atoms with van der Waals surface area (Å²) in [6.07, 6.45) is 2.61. The highest BCUT2D eigenvalue weighted by molar-refractivity contribution is 6.32. The zero-order valence-corrected chi connectivity index (χ0v) is 10.9. The number of nitrogens with zero attached hydrogens (tertiary/aromatic N) is 2. The summed E-state index contributed by atoms with van der Waals surface area (Å²) in [5.41, 5.74) is 3.75. The number of halogens is 1. The number of rotatable bonds is 4. The fourth-order valence-corrected chi connectivity index (χ4v) is 2.28. The monoisotopic (exact) mass is 275 g/mol. The second-order valence-electron chi connectivity index (χ2n) is 4.54. The largest absolute Gasteiger partial charge is 0.365 e. The van der Waals surface area contributed by atoms with Gasteiger partial charge < -0.3 is 5.32 Å². The quantitative estimate of drug-likeness (QED) is 0.590. The van der Waals surface area contributed by atoms with E-state index in [4.69, 9.17) is 17.4 Å². The van der Waals surface area contributed by atoms with Crippen molar-refractivity contribution in [2.75, 3.05) is 10.7 Å². The Morgan fingerprint density at radius 1 is 1.26 bits per heavy atom. The molecule has 0 amide bonds. The molecular formula is C13H14ClN5. The molecule has 1 aromatic heterocycles. The van der Waals surface area contributed by atoms with Crippen molar-refractivity contribution in [3.63, 3.8) is 0 Å². The van der Waals surface area contributed by atoms with Gasteiger partial charge in [-0.1, -0.05) is 41.9 Å². The Bertz CT molecular complexity index is 575. The van der Waals surface area contributed by atoms with E-state index >= 15 is 0 Å². The molecule has 1 aliphatic rings. The van der Waals surface area contributed by atoms with Gasteiger partial charge in [0.2, 0.25) is 5.95 Å². The van der Waals surface area contributed by atoms with Gasteiger partial charge in [-0.05, 0) is 12.0 Å². The number of nitrogens with one attached hydrogen (secondary N) is 2. The Kier molecular flexibility index (Phi) is 3.23. The van der Waals surface area contributed by atoms with Crippen LogP contribution in [0.15, 0.2) is 36.5 Å². The van der Waals surface area contributed by atoms with E-state index in [1.807, 2.05) is 6.07 Å². The Labute approximate surface area is 116 Å². The third-order valence-corrected chi connectivity index (χ3v) is 3.49. The van der Waals surface area contributed by atoms with Crippen LogP contribution in [-0.4, -0.2) is 16.0 Å². The van der Waals surface area contributed by atoms with Gasteiger partial charge >= 0.3 is 0 Å². The van der Waals surface area contributed by atoms with Gasteiger partial charge in [-0.25, -0.2) is 10.8 Å². The van der Waals surface area contributed by atoms with Crippen LogP contribution in [0.25, 0.3) is 0 Å². The van der Waals surface area contributed by atoms with Gasteiger partial charge in [0.05, 0.1) is 6.20 Å². The van der Waals surface area contributed by atoms with E-state index in [1.165, 1.54) is 11.8 Å². The molecule has 0 aliphatic heterocycles. The van der Waals surface area contributed by atoms with Gasteiger partial charge in [-0.3, -0.25) is 5.43 Å². The number of anilines is 2. The molecule has 2 atom stereocenters. The van der Waals surface area contributed by atoms with Crippen LogP contribution in [0.1, 0.15) is 17.9 Å². The van der Waals surface area contributed by atoms with E-state index < -0.39 is 0 Å². The van der Waals surface area contributed by atoms with Crippen molar-refractivity contribution in [1.82, 2.24) is 9.97 Å². The second kappa shape index (κ2) is 5.03. The Balaban J connectivity index is 1.71. The average molecular weight is 276 g/mol. The Morgan fingerprint density at radius 2 is 2.05 bits per heavy atom. The number of hydrazine groups is 1. The van der Waals surface area contributed by atoms with Gasteiger partial charge in [0, 0.05) is 12.0 Å². The van der Waals surface area contributed by atoms with Crippen LogP contribution >= 0.6 is 11.6 Å². The zero-order chi connectivity index (χ0) is 13.2. The van der Waals surface area contributed by atoms with Gasteiger partial charge in [-0.2, -0.15) is 4.98 Å². The molecule has 0 spiro atoms. The molecule has 0 bridgehead atoms. The van der Waals surface area contributed by atoms with E-state index in [2.05, 4.69) is 45.0 Å². The maximum absolute atomic E-state index is 6.06. The van der Waals surface area contributed by atoms with E-state index in [-0.39, 0.29) is 0 Å². The normalized spacial score (nSPS) is 20.9. The van der Waals surface area contributed by atoms with E-state index in [0.29, 0.717) is 28.7 Å². The molecule has 2 aromatic rings. The minimum absolute atomic E-state index is 0.351. The lowest BCUT2D eigenvalue weighted by atomic mass is 10.1. The fraction of sp³-hybridized carbons (Fsp3) is 0.231. The molecular weight excluding hydrogens is 262 g/mol. The van der Waals surface area contributed by atoms with Crippen molar-refractivity contribution >= 4 is 23.4 Å². The van der Waals surface area contributed by atoms with E-state index in [1.54, 1.807) is 0 Å². The number of nitrogen functional groups attached to an aromatic ring is 1. The molecule has 1 saturated carbocycles. The minimum atomic E-state index is 0.351. The van der Waals surface area contributed by atoms with Crippen LogP contribution in [0.2, 0.25) is 5.02 Å². The van der Waals surface area contributed by atoms with Crippen molar-refractivity contribution in [2.24, 2.45) is 5.84 Å². The number of nitrogens with two attached hydrogens (primary N) is 1. The maximum Gasteiger partial charge on any atom is 0.239 e. The summed E-state index contributed by atoms with van der Waals surface area (Å²) in [5, 5.41) is 3.83. The third kappa shape index (κ3) is 2.62. The average Bonchev–Trinajstić information content (AvgIpc) is 3.21. The molecule has 0 radical (unpaired) electrons. The van der Waals surface area contributed by atoms with Crippen LogP contribution in [0, 0.1) is 0 Å². The zero-order valence-electron chi connectivity index (χ0n) is 10.2. The smallest absolute Gasteiger partial charge is 0.239 e. The summed E-state index contributed by atoms with van der Waals surface area (Å²) in [6, 6.07) is 10.8. The van der Waals surface area contributed by atoms with Gasteiger partial charge in [0.25, 0.3) is 0 Å². The first kappa shape index (κ1) is 12.2. The molecule has 19 heavy (non-hydrogen) atoms. The lowest BCUT2D eigenvalue weighted by Crippen LogP contribution is -2.13. The number of benzene rings is 1. The standard InChI is InChI=1S/C13H14ClN5/c14-10-7-16-13(19-15)18-12(10)17-11-6-9(11)8-4-2-1-3-5-8/h1-5,7,9,11H,6,15H2,(H2,16,17,18,19). The summed E-state index contributed by atoms with van der Waals surface area (Å²) >= 11 is 6.06. The first-order valence-electron chi connectivity index (χ1n) is 6.08. The van der Waals surface area contributed by atoms with Crippen LogP contribution < -0.4 is 16.6 Å². The van der Waals surface area contributed by atoms with Crippen LogP contribution in [0.5, 0.6) is 0 Å². The molecule has 1 heterocycles. The lowest BCUT2D eigenvalue weighted by molar-refractivity contribution is 1.02. The molecule has 5 nitrogen and oxygen atoms in total. The predicted octanol–water partition coefficient (Wildman–Crippen LogP) is 2.38.